The summed E-state index contributed by atoms with van der Waals surface area (Å²) < 4.78 is 0. The largest absolute Gasteiger partial charge is 0.386 e. The van der Waals surface area contributed by atoms with Crippen molar-refractivity contribution in [1.29, 1.82) is 0 Å². The summed E-state index contributed by atoms with van der Waals surface area (Å²) in [5, 5.41) is 18.1. The van der Waals surface area contributed by atoms with Crippen LogP contribution < -0.4 is 4.90 Å². The van der Waals surface area contributed by atoms with E-state index in [-0.39, 0.29) is 12.5 Å². The molecule has 0 saturated carbocycles. The number of fused-ring (bicyclic) bond motifs is 1. The fourth-order valence-electron chi connectivity index (χ4n) is 3.83. The van der Waals surface area contributed by atoms with Crippen LogP contribution in [0, 0.1) is 0 Å². The van der Waals surface area contributed by atoms with Gasteiger partial charge in [-0.25, -0.2) is 4.98 Å². The van der Waals surface area contributed by atoms with Crippen LogP contribution in [0.25, 0.3) is 0 Å². The molecule has 0 aromatic carbocycles. The SMILES string of the molecule is CN(CC1(O)CCN(c2cnccn2)C1)C(=O)c1n[nH]c2c1CCC2. The molecule has 0 radical (unpaired) electrons. The molecule has 1 aliphatic carbocycles. The zero-order valence-corrected chi connectivity index (χ0v) is 14.3. The van der Waals surface area contributed by atoms with Crippen LogP contribution in [0.5, 0.6) is 0 Å². The number of H-pyrrole nitrogens is 1. The molecule has 1 fully saturated rings. The fourth-order valence-corrected chi connectivity index (χ4v) is 3.83. The number of aryl methyl sites for hydroxylation is 1. The first-order valence-electron chi connectivity index (χ1n) is 8.61. The van der Waals surface area contributed by atoms with Crippen molar-refractivity contribution in [2.45, 2.75) is 31.3 Å². The van der Waals surface area contributed by atoms with Crippen LogP contribution in [-0.4, -0.2) is 68.4 Å². The number of anilines is 1. The Bertz CT molecular complexity index is 777. The molecule has 1 aliphatic heterocycles. The van der Waals surface area contributed by atoms with Crippen LogP contribution >= 0.6 is 0 Å². The van der Waals surface area contributed by atoms with Gasteiger partial charge in [0.15, 0.2) is 5.69 Å². The summed E-state index contributed by atoms with van der Waals surface area (Å²) in [6.07, 6.45) is 8.45. The maximum Gasteiger partial charge on any atom is 0.274 e. The van der Waals surface area contributed by atoms with Crippen molar-refractivity contribution in [2.24, 2.45) is 0 Å². The number of amides is 1. The van der Waals surface area contributed by atoms with Crippen molar-refractivity contribution < 1.29 is 9.90 Å². The first-order valence-corrected chi connectivity index (χ1v) is 8.61. The number of nitrogens with zero attached hydrogens (tertiary/aromatic N) is 5. The van der Waals surface area contributed by atoms with Crippen LogP contribution in [0.4, 0.5) is 5.82 Å². The molecular weight excluding hydrogens is 320 g/mol. The Kier molecular flexibility index (Phi) is 3.91. The third-order valence-corrected chi connectivity index (χ3v) is 5.09. The van der Waals surface area contributed by atoms with Crippen molar-refractivity contribution in [3.05, 3.63) is 35.5 Å². The minimum Gasteiger partial charge on any atom is -0.386 e. The molecule has 2 aromatic rings. The summed E-state index contributed by atoms with van der Waals surface area (Å²) >= 11 is 0. The number of hydrogen-bond donors (Lipinski definition) is 2. The van der Waals surface area contributed by atoms with Gasteiger partial charge in [0, 0.05) is 43.8 Å². The van der Waals surface area contributed by atoms with Gasteiger partial charge in [-0.05, 0) is 25.7 Å². The molecule has 1 amide bonds. The number of likely N-dealkylation sites (N-methyl/N-ethyl adjacent to an activating group) is 1. The van der Waals surface area contributed by atoms with E-state index in [2.05, 4.69) is 20.2 Å². The highest BCUT2D eigenvalue weighted by Crippen LogP contribution is 2.27. The monoisotopic (exact) mass is 342 g/mol. The maximum absolute atomic E-state index is 12.7. The molecular formula is C17H22N6O2. The van der Waals surface area contributed by atoms with Crippen LogP contribution in [0.2, 0.25) is 0 Å². The highest BCUT2D eigenvalue weighted by atomic mass is 16.3. The molecule has 2 aliphatic rings. The van der Waals surface area contributed by atoms with Gasteiger partial charge in [0.2, 0.25) is 0 Å². The molecule has 2 N–H and O–H groups in total. The van der Waals surface area contributed by atoms with Crippen LogP contribution in [0.1, 0.15) is 34.6 Å². The number of aromatic amines is 1. The highest BCUT2D eigenvalue weighted by Gasteiger charge is 2.39. The highest BCUT2D eigenvalue weighted by molar-refractivity contribution is 5.94. The Balaban J connectivity index is 1.43. The van der Waals surface area contributed by atoms with Gasteiger partial charge in [0.1, 0.15) is 11.4 Å². The smallest absolute Gasteiger partial charge is 0.274 e. The summed E-state index contributed by atoms with van der Waals surface area (Å²) in [5.41, 5.74) is 1.66. The van der Waals surface area contributed by atoms with Gasteiger partial charge < -0.3 is 14.9 Å². The van der Waals surface area contributed by atoms with E-state index in [4.69, 9.17) is 0 Å². The number of β-amino-alcohol motifs (C(OH)–C–C–N with tert-alkyl or cyclic N) is 1. The molecule has 4 rings (SSSR count). The van der Waals surface area contributed by atoms with Crippen LogP contribution in [0.15, 0.2) is 18.6 Å². The van der Waals surface area contributed by atoms with Crippen molar-refractivity contribution >= 4 is 11.7 Å². The minimum absolute atomic E-state index is 0.134. The fraction of sp³-hybridized carbons (Fsp3) is 0.529. The van der Waals surface area contributed by atoms with E-state index < -0.39 is 5.60 Å². The number of aromatic nitrogens is 4. The molecule has 1 unspecified atom stereocenters. The van der Waals surface area contributed by atoms with Crippen LogP contribution in [-0.2, 0) is 12.8 Å². The van der Waals surface area contributed by atoms with Crippen molar-refractivity contribution in [3.63, 3.8) is 0 Å². The van der Waals surface area contributed by atoms with Crippen LogP contribution in [0.3, 0.4) is 0 Å². The molecule has 132 valence electrons. The maximum atomic E-state index is 12.7. The number of hydrogen-bond acceptors (Lipinski definition) is 6. The molecule has 8 nitrogen and oxygen atoms in total. The zero-order chi connectivity index (χ0) is 17.4. The van der Waals surface area contributed by atoms with Crippen molar-refractivity contribution in [3.8, 4) is 0 Å². The predicted molar refractivity (Wildman–Crippen MR) is 91.4 cm³/mol. The van der Waals surface area contributed by atoms with Gasteiger partial charge in [-0.2, -0.15) is 5.10 Å². The van der Waals surface area contributed by atoms with Gasteiger partial charge in [-0.3, -0.25) is 14.9 Å². The second-order valence-corrected chi connectivity index (χ2v) is 7.00. The summed E-state index contributed by atoms with van der Waals surface area (Å²) in [4.78, 5) is 24.7. The average molecular weight is 342 g/mol. The van der Waals surface area contributed by atoms with E-state index in [1.807, 2.05) is 4.90 Å². The molecule has 1 atom stereocenters. The molecule has 0 spiro atoms. The summed E-state index contributed by atoms with van der Waals surface area (Å²) in [5.74, 6) is 0.614. The Morgan fingerprint density at radius 3 is 3.12 bits per heavy atom. The number of aliphatic hydroxyl groups is 1. The molecule has 3 heterocycles. The quantitative estimate of drug-likeness (QED) is 0.835. The second kappa shape index (κ2) is 6.11. The lowest BCUT2D eigenvalue weighted by Crippen LogP contribution is -2.46. The molecule has 0 bridgehead atoms. The molecule has 1 saturated heterocycles. The number of rotatable bonds is 4. The zero-order valence-electron chi connectivity index (χ0n) is 14.3. The van der Waals surface area contributed by atoms with E-state index in [0.717, 1.165) is 36.3 Å². The third-order valence-electron chi connectivity index (χ3n) is 5.09. The minimum atomic E-state index is -0.957. The Labute approximate surface area is 145 Å². The van der Waals surface area contributed by atoms with Gasteiger partial charge in [-0.15, -0.1) is 0 Å². The average Bonchev–Trinajstić information content (AvgIpc) is 3.30. The predicted octanol–water partition coefficient (Wildman–Crippen LogP) is 0.402. The molecule has 8 heteroatoms. The number of nitrogens with one attached hydrogen (secondary N) is 1. The normalized spacial score (nSPS) is 22.2. The summed E-state index contributed by atoms with van der Waals surface area (Å²) in [7, 11) is 1.72. The first kappa shape index (κ1) is 16.0. The lowest BCUT2D eigenvalue weighted by molar-refractivity contribution is 0.0261. The standard InChI is InChI=1S/C17H22N6O2/c1-22(16(24)15-12-3-2-4-13(12)20-21-15)10-17(25)5-8-23(11-17)14-9-18-6-7-19-14/h6-7,9,25H,2-5,8,10-11H2,1H3,(H,20,21). The van der Waals surface area contributed by atoms with Crippen molar-refractivity contribution in [1.82, 2.24) is 25.1 Å². The Hall–Kier alpha value is -2.48. The Morgan fingerprint density at radius 1 is 1.44 bits per heavy atom. The first-order chi connectivity index (χ1) is 12.1. The Morgan fingerprint density at radius 2 is 2.32 bits per heavy atom. The number of carbonyl (C=O) groups is 1. The van der Waals surface area contributed by atoms with E-state index >= 15 is 0 Å². The lowest BCUT2D eigenvalue weighted by Gasteiger charge is -2.29. The van der Waals surface area contributed by atoms with Crippen molar-refractivity contribution in [2.75, 3.05) is 31.6 Å². The number of carbonyl (C=O) groups excluding carboxylic acids is 1. The van der Waals surface area contributed by atoms with E-state index in [9.17, 15) is 9.90 Å². The summed E-state index contributed by atoms with van der Waals surface area (Å²) in [6, 6.07) is 0. The van der Waals surface area contributed by atoms with Gasteiger partial charge in [-0.1, -0.05) is 0 Å². The molecule has 2 aromatic heterocycles. The second-order valence-electron chi connectivity index (χ2n) is 7.00. The van der Waals surface area contributed by atoms with E-state index in [0.29, 0.717) is 25.2 Å². The van der Waals surface area contributed by atoms with E-state index in [1.54, 1.807) is 30.5 Å². The van der Waals surface area contributed by atoms with E-state index in [1.165, 1.54) is 0 Å². The van der Waals surface area contributed by atoms with Gasteiger partial charge in [0.25, 0.3) is 5.91 Å². The molecule has 25 heavy (non-hydrogen) atoms. The van der Waals surface area contributed by atoms with Gasteiger partial charge in [0.05, 0.1) is 12.7 Å². The van der Waals surface area contributed by atoms with Gasteiger partial charge >= 0.3 is 0 Å². The third kappa shape index (κ3) is 2.97. The lowest BCUT2D eigenvalue weighted by atomic mass is 10.0. The topological polar surface area (TPSA) is 98.2 Å². The summed E-state index contributed by atoms with van der Waals surface area (Å²) in [6.45, 7) is 1.39.